The van der Waals surface area contributed by atoms with Gasteiger partial charge in [-0.25, -0.2) is 9.18 Å². The van der Waals surface area contributed by atoms with Crippen LogP contribution in [0.4, 0.5) is 17.6 Å². The van der Waals surface area contributed by atoms with Crippen molar-refractivity contribution < 1.29 is 41.9 Å². The van der Waals surface area contributed by atoms with Gasteiger partial charge >= 0.3 is 12.1 Å². The number of nitrogens with one attached hydrogen (secondary N) is 1. The van der Waals surface area contributed by atoms with Gasteiger partial charge in [0.05, 0.1) is 6.54 Å². The fourth-order valence-electron chi connectivity index (χ4n) is 3.72. The molecule has 2 N–H and O–H groups in total. The summed E-state index contributed by atoms with van der Waals surface area (Å²) in [6, 6.07) is 9.30. The number of carbonyl (C=O) groups excluding carboxylic acids is 2. The van der Waals surface area contributed by atoms with Crippen molar-refractivity contribution in [3.8, 4) is 0 Å². The predicted molar refractivity (Wildman–Crippen MR) is 117 cm³/mol. The van der Waals surface area contributed by atoms with Crippen LogP contribution >= 0.6 is 0 Å². The van der Waals surface area contributed by atoms with Gasteiger partial charge < -0.3 is 20.2 Å². The van der Waals surface area contributed by atoms with E-state index < -0.39 is 23.6 Å². The van der Waals surface area contributed by atoms with Crippen LogP contribution < -0.4 is 5.32 Å². The smallest absolute Gasteiger partial charge is 0.475 e. The van der Waals surface area contributed by atoms with Gasteiger partial charge in [-0.15, -0.1) is 0 Å². The van der Waals surface area contributed by atoms with Gasteiger partial charge in [0, 0.05) is 37.5 Å². The Morgan fingerprint density at radius 3 is 2.50 bits per heavy atom. The van der Waals surface area contributed by atoms with Crippen LogP contribution in [0, 0.1) is 5.82 Å². The minimum absolute atomic E-state index is 0.247. The van der Waals surface area contributed by atoms with Crippen molar-refractivity contribution in [1.29, 1.82) is 0 Å². The molecule has 0 radical (unpaired) electrons. The highest BCUT2D eigenvalue weighted by molar-refractivity contribution is 6.39. The number of hydrogen-bond acceptors (Lipinski definition) is 6. The number of piperidine rings is 1. The Labute approximate surface area is 202 Å². The van der Waals surface area contributed by atoms with Crippen LogP contribution in [-0.2, 0) is 21.0 Å². The minimum Gasteiger partial charge on any atom is -0.475 e. The summed E-state index contributed by atoms with van der Waals surface area (Å²) in [5, 5.41) is 14.0. The lowest BCUT2D eigenvalue weighted by molar-refractivity contribution is -0.192. The molecule has 36 heavy (non-hydrogen) atoms. The first-order chi connectivity index (χ1) is 17.0. The molecule has 2 aliphatic heterocycles. The summed E-state index contributed by atoms with van der Waals surface area (Å²) < 4.78 is 45.2. The topological polar surface area (TPSA) is 121 Å². The Morgan fingerprint density at radius 2 is 1.86 bits per heavy atom. The van der Waals surface area contributed by atoms with Gasteiger partial charge in [0.1, 0.15) is 11.5 Å². The largest absolute Gasteiger partial charge is 0.490 e. The second kappa shape index (κ2) is 11.1. The van der Waals surface area contributed by atoms with Crippen LogP contribution in [-0.4, -0.2) is 63.4 Å². The zero-order valence-electron chi connectivity index (χ0n) is 18.8. The van der Waals surface area contributed by atoms with Crippen LogP contribution in [0.5, 0.6) is 0 Å². The average molecular weight is 510 g/mol. The summed E-state index contributed by atoms with van der Waals surface area (Å²) in [7, 11) is 0. The molecule has 0 aliphatic carbocycles. The van der Waals surface area contributed by atoms with E-state index in [0.717, 1.165) is 12.0 Å². The van der Waals surface area contributed by atoms with E-state index in [1.54, 1.807) is 23.4 Å². The van der Waals surface area contributed by atoms with Gasteiger partial charge in [0.2, 0.25) is 0 Å². The molecule has 0 bridgehead atoms. The number of alkyl halides is 3. The fraction of sp³-hybridized carbons (Fsp3) is 0.348. The van der Waals surface area contributed by atoms with E-state index in [9.17, 15) is 27.2 Å². The quantitative estimate of drug-likeness (QED) is 0.611. The molecule has 0 saturated carbocycles. The minimum atomic E-state index is -5.08. The molecule has 1 aromatic heterocycles. The first-order valence-electron chi connectivity index (χ1n) is 10.8. The van der Waals surface area contributed by atoms with E-state index >= 15 is 0 Å². The molecule has 9 nitrogen and oxygen atoms in total. The standard InChI is InChI=1S/C21H21FN4O3.C2HF3O2/c22-17-4-1-3-16(11-17)20(28)26-10-2-7-21(14-26)12-18(25-29-21)19(27)24-13-15-5-8-23-9-6-15;3-2(4,5)1(6)7/h1,3-6,8-9,11H,2,7,10,12-14H2,(H,24,27);(H,6,7). The second-order valence-corrected chi connectivity index (χ2v) is 8.17. The molecule has 3 heterocycles. The Balaban J connectivity index is 0.000000454. The number of nitrogens with zero attached hydrogens (tertiary/aromatic N) is 3. The summed E-state index contributed by atoms with van der Waals surface area (Å²) in [6.07, 6.45) is 0.00693. The van der Waals surface area contributed by atoms with E-state index in [0.29, 0.717) is 43.8 Å². The molecular formula is C23H22F4N4O5. The number of carboxylic acids is 1. The number of aliphatic carboxylic acids is 1. The molecule has 192 valence electrons. The van der Waals surface area contributed by atoms with Crippen LogP contribution in [0.1, 0.15) is 35.2 Å². The SMILES string of the molecule is O=C(NCc1ccncc1)C1=NOC2(CCCN(C(=O)c3cccc(F)c3)C2)C1.O=C(O)C(F)(F)F. The van der Waals surface area contributed by atoms with Crippen LogP contribution in [0.3, 0.4) is 0 Å². The maximum atomic E-state index is 13.5. The molecule has 1 aromatic carbocycles. The molecule has 1 fully saturated rings. The van der Waals surface area contributed by atoms with Crippen molar-refractivity contribution in [1.82, 2.24) is 15.2 Å². The summed E-state index contributed by atoms with van der Waals surface area (Å²) in [5.41, 5.74) is 0.854. The molecule has 4 rings (SSSR count). The first-order valence-corrected chi connectivity index (χ1v) is 10.8. The number of rotatable bonds is 4. The number of oxime groups is 1. The van der Waals surface area contributed by atoms with E-state index in [4.69, 9.17) is 14.7 Å². The summed E-state index contributed by atoms with van der Waals surface area (Å²) >= 11 is 0. The Bertz CT molecular complexity index is 1140. The molecule has 1 atom stereocenters. The average Bonchev–Trinajstić information content (AvgIpc) is 3.25. The second-order valence-electron chi connectivity index (χ2n) is 8.17. The maximum absolute atomic E-state index is 13.5. The third kappa shape index (κ3) is 6.99. The number of halogens is 4. The highest BCUT2D eigenvalue weighted by Gasteiger charge is 2.45. The van der Waals surface area contributed by atoms with Gasteiger partial charge in [-0.3, -0.25) is 14.6 Å². The van der Waals surface area contributed by atoms with Gasteiger partial charge in [-0.05, 0) is 48.7 Å². The van der Waals surface area contributed by atoms with Crippen molar-refractivity contribution in [2.24, 2.45) is 5.16 Å². The Hall–Kier alpha value is -4.03. The number of carbonyl (C=O) groups is 3. The molecule has 1 spiro atoms. The molecule has 2 aromatic rings. The van der Waals surface area contributed by atoms with Crippen molar-refractivity contribution in [3.63, 3.8) is 0 Å². The van der Waals surface area contributed by atoms with E-state index in [-0.39, 0.29) is 11.8 Å². The lowest BCUT2D eigenvalue weighted by atomic mass is 9.87. The Kier molecular flexibility index (Phi) is 8.22. The number of pyridine rings is 1. The number of amides is 2. The van der Waals surface area contributed by atoms with Crippen molar-refractivity contribution in [3.05, 3.63) is 65.7 Å². The molecule has 13 heteroatoms. The number of hydrogen-bond donors (Lipinski definition) is 2. The number of carboxylic acid groups (broad SMARTS) is 1. The van der Waals surface area contributed by atoms with Crippen LogP contribution in [0.15, 0.2) is 53.9 Å². The van der Waals surface area contributed by atoms with E-state index in [2.05, 4.69) is 15.5 Å². The molecule has 1 saturated heterocycles. The van der Waals surface area contributed by atoms with Crippen LogP contribution in [0.25, 0.3) is 0 Å². The monoisotopic (exact) mass is 510 g/mol. The van der Waals surface area contributed by atoms with Gasteiger partial charge in [0.15, 0.2) is 5.60 Å². The van der Waals surface area contributed by atoms with Crippen molar-refractivity contribution in [2.75, 3.05) is 13.1 Å². The fourth-order valence-corrected chi connectivity index (χ4v) is 3.72. The number of aromatic nitrogens is 1. The third-order valence-corrected chi connectivity index (χ3v) is 5.44. The van der Waals surface area contributed by atoms with E-state index in [1.807, 2.05) is 12.1 Å². The summed E-state index contributed by atoms with van der Waals surface area (Å²) in [5.74, 6) is -3.74. The number of likely N-dealkylation sites (tertiary alicyclic amines) is 1. The zero-order chi connectivity index (χ0) is 26.3. The molecule has 2 aliphatic rings. The van der Waals surface area contributed by atoms with Crippen LogP contribution in [0.2, 0.25) is 0 Å². The highest BCUT2D eigenvalue weighted by Crippen LogP contribution is 2.34. The summed E-state index contributed by atoms with van der Waals surface area (Å²) in [4.78, 5) is 45.4. The highest BCUT2D eigenvalue weighted by atomic mass is 19.4. The summed E-state index contributed by atoms with van der Waals surface area (Å²) in [6.45, 7) is 1.24. The van der Waals surface area contributed by atoms with Gasteiger partial charge in [-0.1, -0.05) is 11.2 Å². The van der Waals surface area contributed by atoms with Crippen molar-refractivity contribution >= 4 is 23.5 Å². The lowest BCUT2D eigenvalue weighted by Gasteiger charge is -2.38. The first kappa shape index (κ1) is 26.6. The lowest BCUT2D eigenvalue weighted by Crippen LogP contribution is -2.51. The zero-order valence-corrected chi connectivity index (χ0v) is 18.8. The molecule has 1 unspecified atom stereocenters. The Morgan fingerprint density at radius 1 is 1.17 bits per heavy atom. The molecular weight excluding hydrogens is 488 g/mol. The predicted octanol–water partition coefficient (Wildman–Crippen LogP) is 2.92. The molecule has 2 amide bonds. The van der Waals surface area contributed by atoms with Gasteiger partial charge in [-0.2, -0.15) is 13.2 Å². The number of benzene rings is 1. The normalized spacial score (nSPS) is 19.0. The third-order valence-electron chi connectivity index (χ3n) is 5.44. The van der Waals surface area contributed by atoms with E-state index in [1.165, 1.54) is 18.2 Å². The maximum Gasteiger partial charge on any atom is 0.490 e. The van der Waals surface area contributed by atoms with Crippen molar-refractivity contribution in [2.45, 2.75) is 37.6 Å². The van der Waals surface area contributed by atoms with Gasteiger partial charge in [0.25, 0.3) is 11.8 Å².